The predicted octanol–water partition coefficient (Wildman–Crippen LogP) is 5.26. The lowest BCUT2D eigenvalue weighted by atomic mass is 10.1. The van der Waals surface area contributed by atoms with Crippen LogP contribution in [-0.2, 0) is 0 Å². The lowest BCUT2D eigenvalue weighted by Crippen LogP contribution is -2.13. The number of hydrogen-bond donors (Lipinski definition) is 1. The molecular formula is C20H18FNO2. The van der Waals surface area contributed by atoms with Crippen LogP contribution in [0.5, 0.6) is 0 Å². The van der Waals surface area contributed by atoms with Crippen molar-refractivity contribution in [2.45, 2.75) is 20.8 Å². The lowest BCUT2D eigenvalue weighted by Gasteiger charge is -2.08. The number of nitrogens with one attached hydrogen (secondary N) is 1. The fourth-order valence-electron chi connectivity index (χ4n) is 2.52. The van der Waals surface area contributed by atoms with Gasteiger partial charge in [-0.25, -0.2) is 4.39 Å². The average Bonchev–Trinajstić information content (AvgIpc) is 2.93. The molecule has 4 heteroatoms. The van der Waals surface area contributed by atoms with Crippen LogP contribution in [0.3, 0.4) is 0 Å². The van der Waals surface area contributed by atoms with Crippen molar-refractivity contribution < 1.29 is 13.6 Å². The second-order valence-corrected chi connectivity index (χ2v) is 5.86. The maximum absolute atomic E-state index is 13.0. The number of halogens is 1. The smallest absolute Gasteiger partial charge is 0.259 e. The molecule has 0 aliphatic carbocycles. The number of aryl methyl sites for hydroxylation is 3. The van der Waals surface area contributed by atoms with Crippen LogP contribution in [0, 0.1) is 26.6 Å². The van der Waals surface area contributed by atoms with Gasteiger partial charge < -0.3 is 9.73 Å². The fourth-order valence-corrected chi connectivity index (χ4v) is 2.52. The van der Waals surface area contributed by atoms with E-state index >= 15 is 0 Å². The molecule has 0 saturated heterocycles. The van der Waals surface area contributed by atoms with E-state index in [1.54, 1.807) is 25.1 Å². The van der Waals surface area contributed by atoms with Crippen LogP contribution in [0.15, 0.2) is 52.9 Å². The summed E-state index contributed by atoms with van der Waals surface area (Å²) in [6, 6.07) is 13.6. The third-order valence-electron chi connectivity index (χ3n) is 3.93. The molecule has 3 rings (SSSR count). The minimum Gasteiger partial charge on any atom is -0.461 e. The van der Waals surface area contributed by atoms with E-state index in [0.29, 0.717) is 17.1 Å². The zero-order valence-corrected chi connectivity index (χ0v) is 13.8. The van der Waals surface area contributed by atoms with Gasteiger partial charge in [0.2, 0.25) is 0 Å². The molecule has 2 aromatic carbocycles. The molecule has 0 unspecified atom stereocenters. The molecule has 122 valence electrons. The molecule has 1 heterocycles. The number of hydrogen-bond acceptors (Lipinski definition) is 2. The summed E-state index contributed by atoms with van der Waals surface area (Å²) < 4.78 is 18.7. The summed E-state index contributed by atoms with van der Waals surface area (Å²) in [6.07, 6.45) is 0. The Bertz CT molecular complexity index is 895. The van der Waals surface area contributed by atoms with Crippen molar-refractivity contribution in [3.63, 3.8) is 0 Å². The SMILES string of the molecule is Cc1ccc(C)c(NC(=O)c2cc(-c3ccc(F)cc3)oc2C)c1. The van der Waals surface area contributed by atoms with E-state index in [1.807, 2.05) is 32.0 Å². The zero-order valence-electron chi connectivity index (χ0n) is 13.8. The molecule has 0 bridgehead atoms. The first kappa shape index (κ1) is 16.0. The Morgan fingerprint density at radius 2 is 1.71 bits per heavy atom. The van der Waals surface area contributed by atoms with Crippen LogP contribution in [0.4, 0.5) is 10.1 Å². The van der Waals surface area contributed by atoms with Gasteiger partial charge >= 0.3 is 0 Å². The van der Waals surface area contributed by atoms with E-state index in [1.165, 1.54) is 12.1 Å². The van der Waals surface area contributed by atoms with E-state index < -0.39 is 0 Å². The molecule has 1 aromatic heterocycles. The predicted molar refractivity (Wildman–Crippen MR) is 92.7 cm³/mol. The summed E-state index contributed by atoms with van der Waals surface area (Å²) in [4.78, 5) is 12.6. The van der Waals surface area contributed by atoms with Crippen LogP contribution >= 0.6 is 0 Å². The highest BCUT2D eigenvalue weighted by atomic mass is 19.1. The van der Waals surface area contributed by atoms with E-state index in [2.05, 4.69) is 5.32 Å². The summed E-state index contributed by atoms with van der Waals surface area (Å²) in [5, 5.41) is 2.92. The first-order valence-corrected chi connectivity index (χ1v) is 7.69. The molecule has 24 heavy (non-hydrogen) atoms. The Balaban J connectivity index is 1.88. The summed E-state index contributed by atoms with van der Waals surface area (Å²) in [5.74, 6) is 0.531. The van der Waals surface area contributed by atoms with Gasteiger partial charge in [-0.3, -0.25) is 4.79 Å². The highest BCUT2D eigenvalue weighted by Gasteiger charge is 2.17. The van der Waals surface area contributed by atoms with Gasteiger partial charge in [-0.15, -0.1) is 0 Å². The van der Waals surface area contributed by atoms with Crippen molar-refractivity contribution in [3.05, 3.63) is 76.8 Å². The zero-order chi connectivity index (χ0) is 17.3. The van der Waals surface area contributed by atoms with Crippen LogP contribution in [-0.4, -0.2) is 5.91 Å². The van der Waals surface area contributed by atoms with Crippen LogP contribution < -0.4 is 5.32 Å². The maximum Gasteiger partial charge on any atom is 0.259 e. The van der Waals surface area contributed by atoms with Gasteiger partial charge in [-0.05, 0) is 68.3 Å². The normalized spacial score (nSPS) is 10.7. The van der Waals surface area contributed by atoms with Gasteiger partial charge in [-0.2, -0.15) is 0 Å². The average molecular weight is 323 g/mol. The van der Waals surface area contributed by atoms with Gasteiger partial charge in [-0.1, -0.05) is 12.1 Å². The quantitative estimate of drug-likeness (QED) is 0.714. The third kappa shape index (κ3) is 3.23. The number of carbonyl (C=O) groups excluding carboxylic acids is 1. The molecule has 0 saturated carbocycles. The van der Waals surface area contributed by atoms with Crippen molar-refractivity contribution >= 4 is 11.6 Å². The van der Waals surface area contributed by atoms with Gasteiger partial charge in [0.05, 0.1) is 5.56 Å². The highest BCUT2D eigenvalue weighted by molar-refractivity contribution is 6.06. The lowest BCUT2D eigenvalue weighted by molar-refractivity contribution is 0.102. The number of carbonyl (C=O) groups is 1. The molecule has 0 aliphatic rings. The molecule has 0 radical (unpaired) electrons. The molecule has 3 nitrogen and oxygen atoms in total. The van der Waals surface area contributed by atoms with Crippen molar-refractivity contribution in [1.29, 1.82) is 0 Å². The first-order valence-electron chi connectivity index (χ1n) is 7.69. The van der Waals surface area contributed by atoms with Crippen LogP contribution in [0.2, 0.25) is 0 Å². The van der Waals surface area contributed by atoms with Gasteiger partial charge in [0.15, 0.2) is 0 Å². The van der Waals surface area contributed by atoms with E-state index in [-0.39, 0.29) is 11.7 Å². The Morgan fingerprint density at radius 1 is 1.00 bits per heavy atom. The van der Waals surface area contributed by atoms with Gasteiger partial charge in [0.1, 0.15) is 17.3 Å². The molecule has 0 atom stereocenters. The fraction of sp³-hybridized carbons (Fsp3) is 0.150. The summed E-state index contributed by atoms with van der Waals surface area (Å²) in [7, 11) is 0. The van der Waals surface area contributed by atoms with Crippen LogP contribution in [0.25, 0.3) is 11.3 Å². The van der Waals surface area contributed by atoms with Gasteiger partial charge in [0, 0.05) is 11.3 Å². The molecular weight excluding hydrogens is 305 g/mol. The monoisotopic (exact) mass is 323 g/mol. The van der Waals surface area contributed by atoms with Crippen molar-refractivity contribution in [2.75, 3.05) is 5.32 Å². The number of furan rings is 1. The Kier molecular flexibility index (Phi) is 4.21. The second-order valence-electron chi connectivity index (χ2n) is 5.86. The molecule has 3 aromatic rings. The van der Waals surface area contributed by atoms with Crippen LogP contribution in [0.1, 0.15) is 27.2 Å². The standard InChI is InChI=1S/C20H18FNO2/c1-12-4-5-13(2)18(10-12)22-20(23)17-11-19(24-14(17)3)15-6-8-16(21)9-7-15/h4-11H,1-3H3,(H,22,23). The first-order chi connectivity index (χ1) is 11.4. The number of benzene rings is 2. The maximum atomic E-state index is 13.0. The largest absolute Gasteiger partial charge is 0.461 e. The number of amides is 1. The Hall–Kier alpha value is -2.88. The summed E-state index contributed by atoms with van der Waals surface area (Å²) >= 11 is 0. The third-order valence-corrected chi connectivity index (χ3v) is 3.93. The Labute approximate surface area is 140 Å². The molecule has 1 N–H and O–H groups in total. The minimum atomic E-state index is -0.310. The minimum absolute atomic E-state index is 0.224. The van der Waals surface area contributed by atoms with E-state index in [9.17, 15) is 9.18 Å². The summed E-state index contributed by atoms with van der Waals surface area (Å²) in [6.45, 7) is 5.66. The second kappa shape index (κ2) is 6.32. The van der Waals surface area contributed by atoms with Crippen molar-refractivity contribution in [2.24, 2.45) is 0 Å². The van der Waals surface area contributed by atoms with E-state index in [0.717, 1.165) is 22.4 Å². The van der Waals surface area contributed by atoms with Crippen molar-refractivity contribution in [3.8, 4) is 11.3 Å². The molecule has 0 spiro atoms. The van der Waals surface area contributed by atoms with Crippen molar-refractivity contribution in [1.82, 2.24) is 0 Å². The Morgan fingerprint density at radius 3 is 2.42 bits per heavy atom. The number of rotatable bonds is 3. The van der Waals surface area contributed by atoms with Gasteiger partial charge in [0.25, 0.3) is 5.91 Å². The molecule has 0 fully saturated rings. The highest BCUT2D eigenvalue weighted by Crippen LogP contribution is 2.27. The number of anilines is 1. The molecule has 1 amide bonds. The summed E-state index contributed by atoms with van der Waals surface area (Å²) in [5.41, 5.74) is 4.05. The molecule has 0 aliphatic heterocycles. The van der Waals surface area contributed by atoms with E-state index in [4.69, 9.17) is 4.42 Å². The topological polar surface area (TPSA) is 42.2 Å².